The van der Waals surface area contributed by atoms with Crippen LogP contribution >= 0.6 is 0 Å². The summed E-state index contributed by atoms with van der Waals surface area (Å²) in [5.41, 5.74) is -0.956. The highest BCUT2D eigenvalue weighted by Crippen LogP contribution is 2.32. The highest BCUT2D eigenvalue weighted by molar-refractivity contribution is 5.78. The van der Waals surface area contributed by atoms with E-state index >= 15 is 0 Å². The van der Waals surface area contributed by atoms with Gasteiger partial charge in [-0.15, -0.1) is 0 Å². The fourth-order valence-corrected chi connectivity index (χ4v) is 2.83. The van der Waals surface area contributed by atoms with Crippen molar-refractivity contribution in [2.24, 2.45) is 0 Å². The van der Waals surface area contributed by atoms with Crippen LogP contribution < -0.4 is 16.6 Å². The van der Waals surface area contributed by atoms with Gasteiger partial charge >= 0.3 is 5.69 Å². The maximum absolute atomic E-state index is 11.8. The van der Waals surface area contributed by atoms with Crippen molar-refractivity contribution in [1.29, 1.82) is 0 Å². The number of aromatic amines is 2. The molecule has 2 heterocycles. The van der Waals surface area contributed by atoms with Gasteiger partial charge in [-0.2, -0.15) is 4.98 Å². The predicted molar refractivity (Wildman–Crippen MR) is 83.6 cm³/mol. The number of nitrogens with zero attached hydrogens (tertiary/aromatic N) is 2. The van der Waals surface area contributed by atoms with E-state index in [-0.39, 0.29) is 17.9 Å². The maximum atomic E-state index is 11.8. The van der Waals surface area contributed by atoms with Gasteiger partial charge < -0.3 is 14.8 Å². The molecule has 2 aromatic rings. The molecule has 1 fully saturated rings. The fourth-order valence-electron chi connectivity index (χ4n) is 2.83. The van der Waals surface area contributed by atoms with Crippen LogP contribution in [0.5, 0.6) is 0 Å². The molecule has 1 saturated carbocycles. The summed E-state index contributed by atoms with van der Waals surface area (Å²) >= 11 is 0. The summed E-state index contributed by atoms with van der Waals surface area (Å²) in [5.74, 6) is 1.31. The van der Waals surface area contributed by atoms with Crippen LogP contribution in [0.2, 0.25) is 0 Å². The van der Waals surface area contributed by atoms with Crippen LogP contribution in [0.1, 0.15) is 48.9 Å². The van der Waals surface area contributed by atoms with Gasteiger partial charge in [-0.05, 0) is 12.8 Å². The molecule has 24 heavy (non-hydrogen) atoms. The summed E-state index contributed by atoms with van der Waals surface area (Å²) < 4.78 is 5.28. The van der Waals surface area contributed by atoms with E-state index in [2.05, 4.69) is 25.4 Å². The van der Waals surface area contributed by atoms with Crippen molar-refractivity contribution < 1.29 is 9.32 Å². The van der Waals surface area contributed by atoms with Crippen LogP contribution in [-0.2, 0) is 17.6 Å². The topological polar surface area (TPSA) is 134 Å². The second-order valence-corrected chi connectivity index (χ2v) is 5.90. The van der Waals surface area contributed by atoms with Crippen molar-refractivity contribution in [2.75, 3.05) is 6.54 Å². The Labute approximate surface area is 136 Å². The average Bonchev–Trinajstić information content (AvgIpc) is 3.21. The van der Waals surface area contributed by atoms with E-state index in [1.165, 1.54) is 19.0 Å². The van der Waals surface area contributed by atoms with Crippen LogP contribution in [0.15, 0.2) is 20.3 Å². The van der Waals surface area contributed by atoms with Crippen LogP contribution in [0.3, 0.4) is 0 Å². The summed E-state index contributed by atoms with van der Waals surface area (Å²) in [6.45, 7) is 0.351. The molecular weight excluding hydrogens is 314 g/mol. The largest absolute Gasteiger partial charge is 0.355 e. The molecule has 0 atom stereocenters. The fraction of sp³-hybridized carbons (Fsp3) is 0.533. The molecule has 0 unspecified atom stereocenters. The Bertz CT molecular complexity index is 816. The number of rotatable bonds is 6. The molecular formula is C15H19N5O4. The Morgan fingerprint density at radius 2 is 2.12 bits per heavy atom. The van der Waals surface area contributed by atoms with Crippen molar-refractivity contribution >= 4 is 5.91 Å². The molecule has 0 aliphatic heterocycles. The zero-order chi connectivity index (χ0) is 16.9. The summed E-state index contributed by atoms with van der Waals surface area (Å²) in [6, 6.07) is 0. The van der Waals surface area contributed by atoms with E-state index in [1.807, 2.05) is 0 Å². The van der Waals surface area contributed by atoms with Gasteiger partial charge in [-0.25, -0.2) is 4.79 Å². The molecule has 0 bridgehead atoms. The van der Waals surface area contributed by atoms with Gasteiger partial charge in [0.05, 0.1) is 6.42 Å². The first-order chi connectivity index (χ1) is 11.6. The van der Waals surface area contributed by atoms with Crippen LogP contribution in [0.25, 0.3) is 0 Å². The van der Waals surface area contributed by atoms with Gasteiger partial charge in [0.25, 0.3) is 5.56 Å². The van der Waals surface area contributed by atoms with Crippen molar-refractivity contribution in [3.63, 3.8) is 0 Å². The third kappa shape index (κ3) is 3.98. The number of amides is 1. The number of aromatic nitrogens is 4. The summed E-state index contributed by atoms with van der Waals surface area (Å²) in [6.07, 6.45) is 6.17. The first-order valence-electron chi connectivity index (χ1n) is 8.02. The van der Waals surface area contributed by atoms with Crippen molar-refractivity contribution in [1.82, 2.24) is 25.4 Å². The number of carbonyl (C=O) groups excluding carboxylic acids is 1. The molecule has 9 nitrogen and oxygen atoms in total. The Morgan fingerprint density at radius 3 is 2.88 bits per heavy atom. The first kappa shape index (κ1) is 16.2. The summed E-state index contributed by atoms with van der Waals surface area (Å²) in [4.78, 5) is 43.0. The number of hydrogen-bond acceptors (Lipinski definition) is 6. The van der Waals surface area contributed by atoms with E-state index in [0.717, 1.165) is 12.8 Å². The van der Waals surface area contributed by atoms with Crippen LogP contribution in [0, 0.1) is 0 Å². The van der Waals surface area contributed by atoms with Gasteiger partial charge in [0.2, 0.25) is 11.8 Å². The molecule has 3 rings (SSSR count). The number of hydrogen-bond donors (Lipinski definition) is 3. The zero-order valence-electron chi connectivity index (χ0n) is 13.1. The lowest BCUT2D eigenvalue weighted by Gasteiger charge is -2.03. The maximum Gasteiger partial charge on any atom is 0.325 e. The molecule has 1 aliphatic rings. The van der Waals surface area contributed by atoms with Crippen molar-refractivity contribution in [3.8, 4) is 0 Å². The zero-order valence-corrected chi connectivity index (χ0v) is 13.1. The highest BCUT2D eigenvalue weighted by Gasteiger charge is 2.22. The normalized spacial score (nSPS) is 14.8. The summed E-state index contributed by atoms with van der Waals surface area (Å²) in [7, 11) is 0. The summed E-state index contributed by atoms with van der Waals surface area (Å²) in [5, 5.41) is 6.63. The molecule has 1 aliphatic carbocycles. The molecule has 128 valence electrons. The minimum Gasteiger partial charge on any atom is -0.355 e. The van der Waals surface area contributed by atoms with Gasteiger partial charge in [0, 0.05) is 30.6 Å². The minimum atomic E-state index is -0.598. The standard InChI is InChI=1S/C15H19N5O4/c21-12(7-10-8-17-15(23)19-13(10)22)16-6-5-11-18-14(24-20-11)9-3-1-2-4-9/h8-9H,1-7H2,(H,16,21)(H2,17,19,22,23). The second-order valence-electron chi connectivity index (χ2n) is 5.90. The van der Waals surface area contributed by atoms with Crippen molar-refractivity contribution in [2.45, 2.75) is 44.4 Å². The van der Waals surface area contributed by atoms with E-state index in [9.17, 15) is 14.4 Å². The molecule has 2 aromatic heterocycles. The third-order valence-electron chi connectivity index (χ3n) is 4.11. The van der Waals surface area contributed by atoms with Gasteiger partial charge in [0.15, 0.2) is 5.82 Å². The van der Waals surface area contributed by atoms with E-state index in [1.54, 1.807) is 0 Å². The molecule has 0 radical (unpaired) electrons. The smallest absolute Gasteiger partial charge is 0.325 e. The van der Waals surface area contributed by atoms with Crippen molar-refractivity contribution in [3.05, 3.63) is 44.3 Å². The Kier molecular flexibility index (Phi) is 4.88. The lowest BCUT2D eigenvalue weighted by molar-refractivity contribution is -0.120. The average molecular weight is 333 g/mol. The molecule has 0 saturated heterocycles. The molecule has 0 spiro atoms. The molecule has 3 N–H and O–H groups in total. The third-order valence-corrected chi connectivity index (χ3v) is 4.11. The number of carbonyl (C=O) groups is 1. The van der Waals surface area contributed by atoms with E-state index in [0.29, 0.717) is 30.6 Å². The Hall–Kier alpha value is -2.71. The number of nitrogens with one attached hydrogen (secondary N) is 3. The minimum absolute atomic E-state index is 0.105. The second kappa shape index (κ2) is 7.24. The first-order valence-corrected chi connectivity index (χ1v) is 8.02. The Morgan fingerprint density at radius 1 is 1.33 bits per heavy atom. The lowest BCUT2D eigenvalue weighted by atomic mass is 10.1. The monoisotopic (exact) mass is 333 g/mol. The van der Waals surface area contributed by atoms with Crippen LogP contribution in [-0.4, -0.2) is 32.6 Å². The molecule has 0 aromatic carbocycles. The van der Waals surface area contributed by atoms with Gasteiger partial charge in [-0.1, -0.05) is 18.0 Å². The molecule has 1 amide bonds. The SMILES string of the molecule is O=C(Cc1c[nH]c(=O)[nH]c1=O)NCCc1noc(C2CCCC2)n1. The number of H-pyrrole nitrogens is 2. The predicted octanol–water partition coefficient (Wildman–Crippen LogP) is 0.00520. The lowest BCUT2D eigenvalue weighted by Crippen LogP contribution is -2.31. The highest BCUT2D eigenvalue weighted by atomic mass is 16.5. The quantitative estimate of drug-likeness (QED) is 0.681. The Balaban J connectivity index is 1.46. The molecule has 9 heteroatoms. The van der Waals surface area contributed by atoms with Gasteiger partial charge in [-0.3, -0.25) is 14.6 Å². The van der Waals surface area contributed by atoms with Gasteiger partial charge in [0.1, 0.15) is 0 Å². The van der Waals surface area contributed by atoms with Crippen LogP contribution in [0.4, 0.5) is 0 Å². The van der Waals surface area contributed by atoms with E-state index in [4.69, 9.17) is 4.52 Å². The van der Waals surface area contributed by atoms with E-state index < -0.39 is 11.2 Å².